The molecule has 3 amide bonds. The van der Waals surface area contributed by atoms with Crippen LogP contribution < -0.4 is 16.4 Å². The number of hydrogen-bond donors (Lipinski definition) is 3. The smallest absolute Gasteiger partial charge is 0.316 e. The molecule has 0 atom stereocenters. The van der Waals surface area contributed by atoms with Crippen molar-refractivity contribution in [3.63, 3.8) is 0 Å². The van der Waals surface area contributed by atoms with Gasteiger partial charge in [-0.1, -0.05) is 11.6 Å². The molecule has 1 aromatic carbocycles. The molecule has 6 nitrogen and oxygen atoms in total. The first-order valence-corrected chi connectivity index (χ1v) is 6.12. The summed E-state index contributed by atoms with van der Waals surface area (Å²) < 4.78 is 13.1. The number of anilines is 2. The summed E-state index contributed by atoms with van der Waals surface area (Å²) in [6, 6.07) is 6.49. The van der Waals surface area contributed by atoms with Crippen LogP contribution >= 0.6 is 11.6 Å². The average Bonchev–Trinajstić information content (AvgIpc) is 2.43. The summed E-state index contributed by atoms with van der Waals surface area (Å²) in [5.74, 6) is -1.26. The molecule has 0 unspecified atom stereocenters. The van der Waals surface area contributed by atoms with E-state index in [4.69, 9.17) is 17.3 Å². The van der Waals surface area contributed by atoms with Gasteiger partial charge in [-0.2, -0.15) is 0 Å². The van der Waals surface area contributed by atoms with E-state index in [9.17, 15) is 14.0 Å². The lowest BCUT2D eigenvalue weighted by Crippen LogP contribution is -2.19. The van der Waals surface area contributed by atoms with Gasteiger partial charge in [-0.05, 0) is 30.3 Å². The fourth-order valence-corrected chi connectivity index (χ4v) is 1.75. The van der Waals surface area contributed by atoms with Crippen molar-refractivity contribution in [2.24, 2.45) is 5.73 Å². The van der Waals surface area contributed by atoms with E-state index in [-0.39, 0.29) is 10.7 Å². The van der Waals surface area contributed by atoms with Gasteiger partial charge >= 0.3 is 6.03 Å². The van der Waals surface area contributed by atoms with Gasteiger partial charge < -0.3 is 16.4 Å². The molecule has 0 fully saturated rings. The Morgan fingerprint density at radius 3 is 2.29 bits per heavy atom. The molecule has 108 valence electrons. The standard InChI is InChI=1S/C13H10ClFN4O2/c14-11-10(5-7(15)6-17-11)12(20)18-8-1-3-9(4-2-8)19-13(16)21/h1-6H,(H,18,20)(H3,16,19,21). The number of primary amides is 1. The number of benzene rings is 1. The Kier molecular flexibility index (Phi) is 4.34. The van der Waals surface area contributed by atoms with Crippen LogP contribution in [0.15, 0.2) is 36.5 Å². The molecule has 0 bridgehead atoms. The second-order valence-electron chi connectivity index (χ2n) is 4.01. The van der Waals surface area contributed by atoms with Gasteiger partial charge in [0.15, 0.2) is 0 Å². The second-order valence-corrected chi connectivity index (χ2v) is 4.37. The van der Waals surface area contributed by atoms with Gasteiger partial charge in [0.2, 0.25) is 0 Å². The molecule has 0 aliphatic heterocycles. The van der Waals surface area contributed by atoms with Crippen molar-refractivity contribution in [1.29, 1.82) is 0 Å². The molecule has 2 rings (SSSR count). The summed E-state index contributed by atoms with van der Waals surface area (Å²) in [4.78, 5) is 26.2. The van der Waals surface area contributed by atoms with E-state index in [0.717, 1.165) is 12.3 Å². The van der Waals surface area contributed by atoms with Gasteiger partial charge in [-0.25, -0.2) is 14.2 Å². The molecule has 1 heterocycles. The van der Waals surface area contributed by atoms with Crippen LogP contribution in [0.1, 0.15) is 10.4 Å². The number of carbonyl (C=O) groups is 2. The number of pyridine rings is 1. The highest BCUT2D eigenvalue weighted by Gasteiger charge is 2.13. The molecule has 0 aliphatic carbocycles. The molecular weight excluding hydrogens is 299 g/mol. The predicted molar refractivity (Wildman–Crippen MR) is 76.8 cm³/mol. The number of hydrogen-bond acceptors (Lipinski definition) is 3. The topological polar surface area (TPSA) is 97.1 Å². The Morgan fingerprint density at radius 2 is 1.71 bits per heavy atom. The van der Waals surface area contributed by atoms with Gasteiger partial charge in [0.05, 0.1) is 11.8 Å². The number of rotatable bonds is 3. The van der Waals surface area contributed by atoms with Crippen molar-refractivity contribution in [2.75, 3.05) is 10.6 Å². The van der Waals surface area contributed by atoms with Crippen LogP contribution in [0.4, 0.5) is 20.6 Å². The van der Waals surface area contributed by atoms with E-state index in [2.05, 4.69) is 15.6 Å². The van der Waals surface area contributed by atoms with Crippen LogP contribution in [-0.2, 0) is 0 Å². The molecule has 4 N–H and O–H groups in total. The second kappa shape index (κ2) is 6.19. The zero-order chi connectivity index (χ0) is 15.4. The average molecular weight is 309 g/mol. The van der Waals surface area contributed by atoms with Crippen molar-refractivity contribution < 1.29 is 14.0 Å². The Morgan fingerprint density at radius 1 is 1.14 bits per heavy atom. The molecule has 21 heavy (non-hydrogen) atoms. The van der Waals surface area contributed by atoms with Crippen LogP contribution in [0.25, 0.3) is 0 Å². The summed E-state index contributed by atoms with van der Waals surface area (Å²) in [5.41, 5.74) is 5.82. The molecule has 0 radical (unpaired) electrons. The van der Waals surface area contributed by atoms with Crippen molar-refractivity contribution in [3.05, 3.63) is 53.1 Å². The molecule has 1 aromatic heterocycles. The summed E-state index contributed by atoms with van der Waals surface area (Å²) >= 11 is 5.74. The number of nitrogens with zero attached hydrogens (tertiary/aromatic N) is 1. The van der Waals surface area contributed by atoms with Gasteiger partial charge in [0, 0.05) is 11.4 Å². The minimum absolute atomic E-state index is 0.0731. The van der Waals surface area contributed by atoms with Crippen LogP contribution in [0.2, 0.25) is 5.15 Å². The third kappa shape index (κ3) is 3.90. The quantitative estimate of drug-likeness (QED) is 0.760. The molecule has 0 spiro atoms. The summed E-state index contributed by atoms with van der Waals surface area (Å²) in [6.45, 7) is 0. The van der Waals surface area contributed by atoms with E-state index in [0.29, 0.717) is 11.4 Å². The highest BCUT2D eigenvalue weighted by atomic mass is 35.5. The lowest BCUT2D eigenvalue weighted by atomic mass is 10.2. The molecular formula is C13H10ClFN4O2. The number of carbonyl (C=O) groups excluding carboxylic acids is 2. The number of aromatic nitrogens is 1. The number of nitrogens with two attached hydrogens (primary N) is 1. The summed E-state index contributed by atoms with van der Waals surface area (Å²) in [6.07, 6.45) is 0.920. The van der Waals surface area contributed by atoms with E-state index < -0.39 is 17.8 Å². The monoisotopic (exact) mass is 308 g/mol. The van der Waals surface area contributed by atoms with Gasteiger partial charge in [-0.3, -0.25) is 4.79 Å². The highest BCUT2D eigenvalue weighted by molar-refractivity contribution is 6.33. The summed E-state index contributed by atoms with van der Waals surface area (Å²) in [7, 11) is 0. The van der Waals surface area contributed by atoms with Crippen molar-refractivity contribution in [2.45, 2.75) is 0 Å². The largest absolute Gasteiger partial charge is 0.351 e. The third-order valence-electron chi connectivity index (χ3n) is 2.46. The van der Waals surface area contributed by atoms with E-state index >= 15 is 0 Å². The lowest BCUT2D eigenvalue weighted by molar-refractivity contribution is 0.102. The normalized spacial score (nSPS) is 10.0. The Labute approximate surface area is 124 Å². The first-order chi connectivity index (χ1) is 9.95. The van der Waals surface area contributed by atoms with Gasteiger partial charge in [0.1, 0.15) is 11.0 Å². The minimum Gasteiger partial charge on any atom is -0.351 e. The zero-order valence-electron chi connectivity index (χ0n) is 10.6. The van der Waals surface area contributed by atoms with Gasteiger partial charge in [0.25, 0.3) is 5.91 Å². The third-order valence-corrected chi connectivity index (χ3v) is 2.76. The maximum atomic E-state index is 13.1. The highest BCUT2D eigenvalue weighted by Crippen LogP contribution is 2.18. The Balaban J connectivity index is 2.12. The Bertz CT molecular complexity index is 691. The van der Waals surface area contributed by atoms with E-state index in [1.807, 2.05) is 0 Å². The van der Waals surface area contributed by atoms with Crippen LogP contribution in [0.5, 0.6) is 0 Å². The van der Waals surface area contributed by atoms with Crippen molar-refractivity contribution >= 4 is 34.9 Å². The Hall–Kier alpha value is -2.67. The lowest BCUT2D eigenvalue weighted by Gasteiger charge is -2.07. The number of nitrogens with one attached hydrogen (secondary N) is 2. The molecule has 0 saturated carbocycles. The molecule has 0 saturated heterocycles. The van der Waals surface area contributed by atoms with Gasteiger partial charge in [-0.15, -0.1) is 0 Å². The minimum atomic E-state index is -0.690. The van der Waals surface area contributed by atoms with E-state index in [1.54, 1.807) is 24.3 Å². The fourth-order valence-electron chi connectivity index (χ4n) is 1.56. The van der Waals surface area contributed by atoms with Crippen LogP contribution in [0.3, 0.4) is 0 Å². The van der Waals surface area contributed by atoms with Crippen molar-refractivity contribution in [3.8, 4) is 0 Å². The molecule has 2 aromatic rings. The number of amides is 3. The summed E-state index contributed by atoms with van der Waals surface area (Å²) in [5, 5.41) is 4.82. The molecule has 8 heteroatoms. The van der Waals surface area contributed by atoms with Crippen LogP contribution in [0, 0.1) is 5.82 Å². The number of halogens is 2. The predicted octanol–water partition coefficient (Wildman–Crippen LogP) is 2.62. The fraction of sp³-hybridized carbons (Fsp3) is 0. The molecule has 0 aliphatic rings. The van der Waals surface area contributed by atoms with Crippen molar-refractivity contribution in [1.82, 2.24) is 4.98 Å². The SMILES string of the molecule is NC(=O)Nc1ccc(NC(=O)c2cc(F)cnc2Cl)cc1. The number of urea groups is 1. The first kappa shape index (κ1) is 14.7. The first-order valence-electron chi connectivity index (χ1n) is 5.74. The maximum absolute atomic E-state index is 13.1. The zero-order valence-corrected chi connectivity index (χ0v) is 11.3. The van der Waals surface area contributed by atoms with Crippen LogP contribution in [-0.4, -0.2) is 16.9 Å². The van der Waals surface area contributed by atoms with E-state index in [1.165, 1.54) is 0 Å². The maximum Gasteiger partial charge on any atom is 0.316 e.